The fraction of sp³-hybridized carbons (Fsp3) is 0.250. The second-order valence-electron chi connectivity index (χ2n) is 2.09. The van der Waals surface area contributed by atoms with Gasteiger partial charge in [-0.1, -0.05) is 11.6 Å². The molecule has 0 rings (SSSR count). The Kier molecular flexibility index (Phi) is 4.46. The Morgan fingerprint density at radius 1 is 1.20 bits per heavy atom. The standard InChI is InChI=1S/C8H10F2/c1-7(2)3-4-8(10)5-6-9/h3-6H,1-2H3/b6-5+,8-4+. The highest BCUT2D eigenvalue weighted by Crippen LogP contribution is 2.00. The van der Waals surface area contributed by atoms with E-state index >= 15 is 0 Å². The molecule has 0 N–H and O–H groups in total. The Morgan fingerprint density at radius 3 is 2.20 bits per heavy atom. The minimum atomic E-state index is -0.580. The van der Waals surface area contributed by atoms with E-state index in [0.717, 1.165) is 11.6 Å². The van der Waals surface area contributed by atoms with Gasteiger partial charge in [0.05, 0.1) is 6.33 Å². The van der Waals surface area contributed by atoms with Crippen molar-refractivity contribution in [1.29, 1.82) is 0 Å². The van der Waals surface area contributed by atoms with E-state index in [1.54, 1.807) is 6.08 Å². The van der Waals surface area contributed by atoms with Gasteiger partial charge in [0.2, 0.25) is 0 Å². The van der Waals surface area contributed by atoms with Crippen molar-refractivity contribution < 1.29 is 8.78 Å². The van der Waals surface area contributed by atoms with Crippen molar-refractivity contribution in [1.82, 2.24) is 0 Å². The lowest BCUT2D eigenvalue weighted by Crippen LogP contribution is -1.64. The lowest BCUT2D eigenvalue weighted by molar-refractivity contribution is 0.652. The molecule has 2 heteroatoms. The number of allylic oxidation sites excluding steroid dienone is 5. The summed E-state index contributed by atoms with van der Waals surface area (Å²) < 4.78 is 23.5. The first-order valence-electron chi connectivity index (χ1n) is 2.94. The van der Waals surface area contributed by atoms with Crippen LogP contribution in [0.25, 0.3) is 0 Å². The average Bonchev–Trinajstić information content (AvgIpc) is 1.85. The van der Waals surface area contributed by atoms with Crippen molar-refractivity contribution in [3.8, 4) is 0 Å². The zero-order valence-corrected chi connectivity index (χ0v) is 6.07. The van der Waals surface area contributed by atoms with Crippen molar-refractivity contribution in [3.05, 3.63) is 36.0 Å². The predicted molar refractivity (Wildman–Crippen MR) is 38.9 cm³/mol. The van der Waals surface area contributed by atoms with E-state index < -0.39 is 5.83 Å². The van der Waals surface area contributed by atoms with Crippen LogP contribution < -0.4 is 0 Å². The Bertz CT molecular complexity index is 172. The van der Waals surface area contributed by atoms with Gasteiger partial charge in [-0.05, 0) is 19.9 Å². The number of hydrogen-bond acceptors (Lipinski definition) is 0. The Labute approximate surface area is 59.6 Å². The van der Waals surface area contributed by atoms with Gasteiger partial charge in [-0.15, -0.1) is 0 Å². The highest BCUT2D eigenvalue weighted by molar-refractivity contribution is 5.18. The third kappa shape index (κ3) is 5.22. The molecule has 0 aromatic carbocycles. The van der Waals surface area contributed by atoms with Gasteiger partial charge in [0.25, 0.3) is 0 Å². The Balaban J connectivity index is 4.05. The molecule has 0 amide bonds. The molecule has 0 radical (unpaired) electrons. The van der Waals surface area contributed by atoms with Gasteiger partial charge >= 0.3 is 0 Å². The van der Waals surface area contributed by atoms with Crippen molar-refractivity contribution in [3.63, 3.8) is 0 Å². The molecule has 0 fully saturated rings. The summed E-state index contributed by atoms with van der Waals surface area (Å²) in [5.41, 5.74) is 0.974. The molecule has 0 nitrogen and oxygen atoms in total. The van der Waals surface area contributed by atoms with Crippen LogP contribution in [0.4, 0.5) is 8.78 Å². The lowest BCUT2D eigenvalue weighted by Gasteiger charge is -1.83. The van der Waals surface area contributed by atoms with Crippen LogP contribution in [0.5, 0.6) is 0 Å². The third-order valence-electron chi connectivity index (χ3n) is 0.798. The van der Waals surface area contributed by atoms with E-state index in [0.29, 0.717) is 0 Å². The lowest BCUT2D eigenvalue weighted by atomic mass is 10.3. The second-order valence-corrected chi connectivity index (χ2v) is 2.09. The zero-order valence-electron chi connectivity index (χ0n) is 6.07. The van der Waals surface area contributed by atoms with Crippen LogP contribution in [-0.4, -0.2) is 0 Å². The molecule has 0 aliphatic rings. The molecular formula is C8H10F2. The van der Waals surface area contributed by atoms with E-state index in [9.17, 15) is 8.78 Å². The van der Waals surface area contributed by atoms with Crippen molar-refractivity contribution in [2.75, 3.05) is 0 Å². The zero-order chi connectivity index (χ0) is 7.98. The van der Waals surface area contributed by atoms with Crippen LogP contribution in [0.3, 0.4) is 0 Å². The molecular weight excluding hydrogens is 134 g/mol. The van der Waals surface area contributed by atoms with Crippen LogP contribution in [0.2, 0.25) is 0 Å². The summed E-state index contributed by atoms with van der Waals surface area (Å²) in [5, 5.41) is 0. The topological polar surface area (TPSA) is 0 Å². The molecule has 0 aromatic heterocycles. The summed E-state index contributed by atoms with van der Waals surface area (Å²) in [6, 6.07) is 0. The van der Waals surface area contributed by atoms with E-state index in [-0.39, 0.29) is 6.33 Å². The maximum Gasteiger partial charge on any atom is 0.125 e. The van der Waals surface area contributed by atoms with Gasteiger partial charge in [0.15, 0.2) is 0 Å². The molecule has 0 aromatic rings. The first kappa shape index (κ1) is 9.08. The fourth-order valence-electron chi connectivity index (χ4n) is 0.362. The van der Waals surface area contributed by atoms with Crippen LogP contribution >= 0.6 is 0 Å². The molecule has 0 atom stereocenters. The summed E-state index contributed by atoms with van der Waals surface area (Å²) >= 11 is 0. The highest BCUT2D eigenvalue weighted by atomic mass is 19.1. The van der Waals surface area contributed by atoms with E-state index in [1.807, 2.05) is 13.8 Å². The van der Waals surface area contributed by atoms with Crippen molar-refractivity contribution >= 4 is 0 Å². The Morgan fingerprint density at radius 2 is 1.80 bits per heavy atom. The number of rotatable bonds is 2. The van der Waals surface area contributed by atoms with Crippen molar-refractivity contribution in [2.24, 2.45) is 0 Å². The molecule has 0 bridgehead atoms. The maximum absolute atomic E-state index is 12.3. The van der Waals surface area contributed by atoms with E-state index in [1.165, 1.54) is 6.08 Å². The normalized spacial score (nSPS) is 12.2. The third-order valence-corrected chi connectivity index (χ3v) is 0.798. The maximum atomic E-state index is 12.3. The Hall–Kier alpha value is -0.920. The van der Waals surface area contributed by atoms with Crippen LogP contribution in [0.15, 0.2) is 36.0 Å². The number of halogens is 2. The van der Waals surface area contributed by atoms with Gasteiger partial charge in [0, 0.05) is 6.08 Å². The fourth-order valence-corrected chi connectivity index (χ4v) is 0.362. The van der Waals surface area contributed by atoms with Crippen LogP contribution in [0.1, 0.15) is 13.8 Å². The average molecular weight is 144 g/mol. The SMILES string of the molecule is CC(C)=C/C=C(F)\C=C\F. The van der Waals surface area contributed by atoms with Crippen molar-refractivity contribution in [2.45, 2.75) is 13.8 Å². The molecule has 56 valence electrons. The summed E-state index contributed by atoms with van der Waals surface area (Å²) in [4.78, 5) is 0. The molecule has 0 spiro atoms. The van der Waals surface area contributed by atoms with Crippen LogP contribution in [-0.2, 0) is 0 Å². The van der Waals surface area contributed by atoms with E-state index in [4.69, 9.17) is 0 Å². The second kappa shape index (κ2) is 4.91. The molecule has 0 unspecified atom stereocenters. The van der Waals surface area contributed by atoms with E-state index in [2.05, 4.69) is 0 Å². The highest BCUT2D eigenvalue weighted by Gasteiger charge is 1.82. The summed E-state index contributed by atoms with van der Waals surface area (Å²) in [6.07, 6.45) is 3.73. The van der Waals surface area contributed by atoms with Gasteiger partial charge in [-0.2, -0.15) is 0 Å². The molecule has 0 aliphatic heterocycles. The monoisotopic (exact) mass is 144 g/mol. The molecule has 0 heterocycles. The first-order valence-corrected chi connectivity index (χ1v) is 2.94. The van der Waals surface area contributed by atoms with Gasteiger partial charge in [-0.25, -0.2) is 8.78 Å². The molecule has 0 saturated heterocycles. The smallest absolute Gasteiger partial charge is 0.125 e. The minimum absolute atomic E-state index is 0.171. The van der Waals surface area contributed by atoms with Crippen LogP contribution in [0, 0.1) is 0 Å². The number of hydrogen-bond donors (Lipinski definition) is 0. The minimum Gasteiger partial charge on any atom is -0.215 e. The van der Waals surface area contributed by atoms with Gasteiger partial charge < -0.3 is 0 Å². The first-order chi connectivity index (χ1) is 4.66. The largest absolute Gasteiger partial charge is 0.215 e. The quantitative estimate of drug-likeness (QED) is 0.521. The summed E-state index contributed by atoms with van der Waals surface area (Å²) in [7, 11) is 0. The van der Waals surface area contributed by atoms with Gasteiger partial charge in [-0.3, -0.25) is 0 Å². The molecule has 0 aliphatic carbocycles. The van der Waals surface area contributed by atoms with Gasteiger partial charge in [0.1, 0.15) is 5.83 Å². The molecule has 0 saturated carbocycles. The summed E-state index contributed by atoms with van der Waals surface area (Å²) in [6.45, 7) is 3.67. The summed E-state index contributed by atoms with van der Waals surface area (Å²) in [5.74, 6) is -0.580. The predicted octanol–water partition coefficient (Wildman–Crippen LogP) is 3.29. The molecule has 10 heavy (non-hydrogen) atoms.